The molecule has 0 aliphatic rings. The third kappa shape index (κ3) is 3.37. The summed E-state index contributed by atoms with van der Waals surface area (Å²) in [5, 5.41) is 7.26. The lowest BCUT2D eigenvalue weighted by atomic mass is 10.0. The number of H-pyrrole nitrogens is 1. The number of aryl methyl sites for hydroxylation is 2. The Labute approximate surface area is 115 Å². The van der Waals surface area contributed by atoms with Crippen LogP contribution in [-0.4, -0.2) is 10.2 Å². The van der Waals surface area contributed by atoms with Crippen LogP contribution in [0.2, 0.25) is 0 Å². The highest BCUT2D eigenvalue weighted by Gasteiger charge is 2.12. The zero-order valence-corrected chi connectivity index (χ0v) is 11.9. The predicted molar refractivity (Wildman–Crippen MR) is 81.0 cm³/mol. The van der Waals surface area contributed by atoms with Gasteiger partial charge in [-0.05, 0) is 25.3 Å². The van der Waals surface area contributed by atoms with E-state index in [2.05, 4.69) is 48.3 Å². The SMILES string of the molecule is CCCCCCc1[nH]nc(N)c1-c1ccc(C)cc1. The van der Waals surface area contributed by atoms with Crippen molar-refractivity contribution < 1.29 is 0 Å². The monoisotopic (exact) mass is 257 g/mol. The van der Waals surface area contributed by atoms with Crippen LogP contribution in [0.1, 0.15) is 43.9 Å². The summed E-state index contributed by atoms with van der Waals surface area (Å²) in [6.45, 7) is 4.32. The standard InChI is InChI=1S/C16H23N3/c1-3-4-5-6-7-14-15(16(17)19-18-14)13-10-8-12(2)9-11-13/h8-11H,3-7H2,1-2H3,(H3,17,18,19). The van der Waals surface area contributed by atoms with Gasteiger partial charge in [0.05, 0.1) is 0 Å². The fourth-order valence-electron chi connectivity index (χ4n) is 2.35. The first-order chi connectivity index (χ1) is 9.22. The number of aromatic amines is 1. The van der Waals surface area contributed by atoms with Gasteiger partial charge in [0, 0.05) is 11.3 Å². The second-order valence-electron chi connectivity index (χ2n) is 5.14. The number of nitrogen functional groups attached to an aromatic ring is 1. The van der Waals surface area contributed by atoms with Gasteiger partial charge < -0.3 is 5.73 Å². The molecule has 1 aromatic carbocycles. The molecule has 0 saturated carbocycles. The minimum absolute atomic E-state index is 0.606. The fourth-order valence-corrected chi connectivity index (χ4v) is 2.35. The van der Waals surface area contributed by atoms with E-state index in [1.165, 1.54) is 31.2 Å². The highest BCUT2D eigenvalue weighted by atomic mass is 15.2. The molecule has 3 N–H and O–H groups in total. The summed E-state index contributed by atoms with van der Waals surface area (Å²) < 4.78 is 0. The molecule has 2 rings (SSSR count). The van der Waals surface area contributed by atoms with E-state index in [9.17, 15) is 0 Å². The van der Waals surface area contributed by atoms with Crippen molar-refractivity contribution in [2.24, 2.45) is 0 Å². The molecule has 0 amide bonds. The van der Waals surface area contributed by atoms with E-state index in [4.69, 9.17) is 5.73 Å². The van der Waals surface area contributed by atoms with Crippen LogP contribution in [0.5, 0.6) is 0 Å². The van der Waals surface area contributed by atoms with E-state index in [1.807, 2.05) is 0 Å². The molecule has 0 spiro atoms. The van der Waals surface area contributed by atoms with Crippen molar-refractivity contribution in [2.45, 2.75) is 46.0 Å². The molecule has 102 valence electrons. The van der Waals surface area contributed by atoms with Crippen LogP contribution in [0.4, 0.5) is 5.82 Å². The van der Waals surface area contributed by atoms with Gasteiger partial charge in [-0.15, -0.1) is 0 Å². The Kier molecular flexibility index (Phi) is 4.61. The van der Waals surface area contributed by atoms with Crippen LogP contribution in [0.3, 0.4) is 0 Å². The Bertz CT molecular complexity index is 511. The molecule has 0 aliphatic heterocycles. The Hall–Kier alpha value is -1.77. The molecule has 0 bridgehead atoms. The Morgan fingerprint density at radius 2 is 1.84 bits per heavy atom. The van der Waals surface area contributed by atoms with E-state index < -0.39 is 0 Å². The smallest absolute Gasteiger partial charge is 0.153 e. The summed E-state index contributed by atoms with van der Waals surface area (Å²) in [5.41, 5.74) is 10.7. The van der Waals surface area contributed by atoms with Gasteiger partial charge in [-0.3, -0.25) is 5.10 Å². The molecule has 0 aliphatic carbocycles. The van der Waals surface area contributed by atoms with Crippen molar-refractivity contribution in [3.05, 3.63) is 35.5 Å². The number of hydrogen-bond acceptors (Lipinski definition) is 2. The van der Waals surface area contributed by atoms with E-state index in [0.29, 0.717) is 5.82 Å². The molecule has 1 aromatic heterocycles. The maximum Gasteiger partial charge on any atom is 0.153 e. The molecule has 0 atom stereocenters. The van der Waals surface area contributed by atoms with Crippen molar-refractivity contribution >= 4 is 5.82 Å². The lowest BCUT2D eigenvalue weighted by molar-refractivity contribution is 0.660. The van der Waals surface area contributed by atoms with Gasteiger partial charge in [-0.1, -0.05) is 56.0 Å². The fraction of sp³-hybridized carbons (Fsp3) is 0.438. The van der Waals surface area contributed by atoms with E-state index in [0.717, 1.165) is 23.2 Å². The number of nitrogens with two attached hydrogens (primary N) is 1. The number of nitrogens with zero attached hydrogens (tertiary/aromatic N) is 1. The van der Waals surface area contributed by atoms with Gasteiger partial charge in [-0.2, -0.15) is 5.10 Å². The maximum absolute atomic E-state index is 6.00. The zero-order valence-electron chi connectivity index (χ0n) is 11.9. The summed E-state index contributed by atoms with van der Waals surface area (Å²) in [6.07, 6.45) is 6.03. The van der Waals surface area contributed by atoms with Crippen molar-refractivity contribution in [1.82, 2.24) is 10.2 Å². The normalized spacial score (nSPS) is 10.8. The summed E-state index contributed by atoms with van der Waals surface area (Å²) in [5.74, 6) is 0.606. The molecule has 3 nitrogen and oxygen atoms in total. The summed E-state index contributed by atoms with van der Waals surface area (Å²) in [4.78, 5) is 0. The molecule has 0 fully saturated rings. The molecule has 2 aromatic rings. The summed E-state index contributed by atoms with van der Waals surface area (Å²) >= 11 is 0. The number of rotatable bonds is 6. The van der Waals surface area contributed by atoms with Crippen LogP contribution in [0.25, 0.3) is 11.1 Å². The van der Waals surface area contributed by atoms with E-state index in [-0.39, 0.29) is 0 Å². The zero-order chi connectivity index (χ0) is 13.7. The molecule has 19 heavy (non-hydrogen) atoms. The topological polar surface area (TPSA) is 54.7 Å². The number of nitrogens with one attached hydrogen (secondary N) is 1. The molecule has 0 radical (unpaired) electrons. The van der Waals surface area contributed by atoms with Crippen molar-refractivity contribution in [1.29, 1.82) is 0 Å². The van der Waals surface area contributed by atoms with Gasteiger partial charge in [0.25, 0.3) is 0 Å². The number of unbranched alkanes of at least 4 members (excludes halogenated alkanes) is 3. The Morgan fingerprint density at radius 3 is 2.53 bits per heavy atom. The average Bonchev–Trinajstić information content (AvgIpc) is 2.77. The Balaban J connectivity index is 2.15. The van der Waals surface area contributed by atoms with Gasteiger partial charge in [0.2, 0.25) is 0 Å². The summed E-state index contributed by atoms with van der Waals surface area (Å²) in [6, 6.07) is 8.46. The van der Waals surface area contributed by atoms with Crippen LogP contribution in [0.15, 0.2) is 24.3 Å². The highest BCUT2D eigenvalue weighted by molar-refractivity contribution is 5.76. The summed E-state index contributed by atoms with van der Waals surface area (Å²) in [7, 11) is 0. The molecular weight excluding hydrogens is 234 g/mol. The highest BCUT2D eigenvalue weighted by Crippen LogP contribution is 2.29. The number of anilines is 1. The van der Waals surface area contributed by atoms with Crippen molar-refractivity contribution in [2.75, 3.05) is 5.73 Å². The first-order valence-corrected chi connectivity index (χ1v) is 7.12. The van der Waals surface area contributed by atoms with Gasteiger partial charge in [0.1, 0.15) is 0 Å². The number of aromatic nitrogens is 2. The number of benzene rings is 1. The average molecular weight is 257 g/mol. The van der Waals surface area contributed by atoms with Gasteiger partial charge in [-0.25, -0.2) is 0 Å². The molecular formula is C16H23N3. The Morgan fingerprint density at radius 1 is 1.11 bits per heavy atom. The lowest BCUT2D eigenvalue weighted by Gasteiger charge is -2.05. The van der Waals surface area contributed by atoms with Crippen LogP contribution in [0, 0.1) is 6.92 Å². The van der Waals surface area contributed by atoms with Crippen LogP contribution in [-0.2, 0) is 6.42 Å². The second kappa shape index (κ2) is 6.41. The van der Waals surface area contributed by atoms with Crippen LogP contribution >= 0.6 is 0 Å². The van der Waals surface area contributed by atoms with Crippen molar-refractivity contribution in [3.8, 4) is 11.1 Å². The quantitative estimate of drug-likeness (QED) is 0.766. The van der Waals surface area contributed by atoms with Gasteiger partial charge in [0.15, 0.2) is 5.82 Å². The van der Waals surface area contributed by atoms with Crippen molar-refractivity contribution in [3.63, 3.8) is 0 Å². The molecule has 0 saturated heterocycles. The van der Waals surface area contributed by atoms with E-state index >= 15 is 0 Å². The maximum atomic E-state index is 6.00. The predicted octanol–water partition coefficient (Wildman–Crippen LogP) is 4.09. The first kappa shape index (κ1) is 13.7. The number of hydrogen-bond donors (Lipinski definition) is 2. The first-order valence-electron chi connectivity index (χ1n) is 7.12. The second-order valence-corrected chi connectivity index (χ2v) is 5.14. The van der Waals surface area contributed by atoms with Gasteiger partial charge >= 0.3 is 0 Å². The molecule has 0 unspecified atom stereocenters. The van der Waals surface area contributed by atoms with E-state index in [1.54, 1.807) is 0 Å². The minimum Gasteiger partial charge on any atom is -0.382 e. The lowest BCUT2D eigenvalue weighted by Crippen LogP contribution is -1.92. The van der Waals surface area contributed by atoms with Crippen LogP contribution < -0.4 is 5.73 Å². The molecule has 1 heterocycles. The largest absolute Gasteiger partial charge is 0.382 e. The molecule has 3 heteroatoms. The third-order valence-electron chi connectivity index (χ3n) is 3.49. The minimum atomic E-state index is 0.606. The third-order valence-corrected chi connectivity index (χ3v) is 3.49.